The summed E-state index contributed by atoms with van der Waals surface area (Å²) in [5, 5.41) is 10.1. The lowest BCUT2D eigenvalue weighted by atomic mass is 10.2. The molecule has 8 heteroatoms. The predicted molar refractivity (Wildman–Crippen MR) is 113 cm³/mol. The van der Waals surface area contributed by atoms with Crippen LogP contribution in [0, 0.1) is 6.92 Å². The summed E-state index contributed by atoms with van der Waals surface area (Å²) in [7, 11) is 0. The minimum absolute atomic E-state index is 0.0813. The number of benzene rings is 1. The van der Waals surface area contributed by atoms with Crippen LogP contribution >= 0.6 is 23.4 Å². The van der Waals surface area contributed by atoms with Gasteiger partial charge in [0, 0.05) is 36.1 Å². The molecule has 0 aliphatic rings. The minimum atomic E-state index is 0.0813. The molecular weight excluding hydrogens is 394 g/mol. The lowest BCUT2D eigenvalue weighted by molar-refractivity contribution is -0.127. The Hall–Kier alpha value is -2.38. The van der Waals surface area contributed by atoms with Crippen LogP contribution < -0.4 is 0 Å². The summed E-state index contributed by atoms with van der Waals surface area (Å²) in [5.74, 6) is 1.07. The number of rotatable bonds is 7. The van der Waals surface area contributed by atoms with Gasteiger partial charge in [0.2, 0.25) is 5.91 Å². The van der Waals surface area contributed by atoms with Gasteiger partial charge in [-0.25, -0.2) is 0 Å². The largest absolute Gasteiger partial charge is 0.343 e. The summed E-state index contributed by atoms with van der Waals surface area (Å²) in [6.45, 7) is 7.30. The van der Waals surface area contributed by atoms with Crippen LogP contribution in [0.5, 0.6) is 0 Å². The quantitative estimate of drug-likeness (QED) is 0.539. The van der Waals surface area contributed by atoms with Crippen LogP contribution in [0.2, 0.25) is 5.02 Å². The van der Waals surface area contributed by atoms with Crippen molar-refractivity contribution in [1.29, 1.82) is 0 Å². The fourth-order valence-corrected chi connectivity index (χ4v) is 3.92. The Labute approximate surface area is 173 Å². The minimum Gasteiger partial charge on any atom is -0.343 e. The maximum Gasteiger partial charge on any atom is 0.233 e. The van der Waals surface area contributed by atoms with E-state index in [1.165, 1.54) is 11.8 Å². The van der Waals surface area contributed by atoms with Crippen LogP contribution in [0.3, 0.4) is 0 Å². The number of pyridine rings is 1. The van der Waals surface area contributed by atoms with Crippen molar-refractivity contribution in [2.45, 2.75) is 25.9 Å². The number of carbonyl (C=O) groups excluding carboxylic acids is 1. The Morgan fingerprint density at radius 1 is 1.14 bits per heavy atom. The van der Waals surface area contributed by atoms with Crippen LogP contribution in [0.25, 0.3) is 17.1 Å². The van der Waals surface area contributed by atoms with Crippen molar-refractivity contribution in [1.82, 2.24) is 24.6 Å². The van der Waals surface area contributed by atoms with Gasteiger partial charge >= 0.3 is 0 Å². The molecule has 2 heterocycles. The molecule has 0 aliphatic carbocycles. The van der Waals surface area contributed by atoms with Crippen molar-refractivity contribution in [2.24, 2.45) is 0 Å². The van der Waals surface area contributed by atoms with Crippen molar-refractivity contribution in [2.75, 3.05) is 18.8 Å². The summed E-state index contributed by atoms with van der Waals surface area (Å²) in [4.78, 5) is 18.3. The van der Waals surface area contributed by atoms with Gasteiger partial charge in [-0.2, -0.15) is 0 Å². The third kappa shape index (κ3) is 4.20. The topological polar surface area (TPSA) is 63.9 Å². The fourth-order valence-electron chi connectivity index (χ4n) is 2.90. The monoisotopic (exact) mass is 415 g/mol. The van der Waals surface area contributed by atoms with Crippen LogP contribution in [-0.2, 0) is 4.79 Å². The first-order valence-electron chi connectivity index (χ1n) is 9.08. The van der Waals surface area contributed by atoms with E-state index in [0.717, 1.165) is 16.8 Å². The van der Waals surface area contributed by atoms with E-state index in [4.69, 9.17) is 11.6 Å². The highest BCUT2D eigenvalue weighted by Gasteiger charge is 2.20. The number of hydrogen-bond donors (Lipinski definition) is 0. The van der Waals surface area contributed by atoms with Gasteiger partial charge in [0.05, 0.1) is 11.4 Å². The Morgan fingerprint density at radius 3 is 2.54 bits per heavy atom. The zero-order valence-electron chi connectivity index (χ0n) is 16.1. The van der Waals surface area contributed by atoms with E-state index in [0.29, 0.717) is 34.8 Å². The second-order valence-corrected chi connectivity index (χ2v) is 7.47. The van der Waals surface area contributed by atoms with Crippen LogP contribution in [0.4, 0.5) is 0 Å². The maximum atomic E-state index is 12.4. The number of aromatic nitrogens is 4. The zero-order valence-corrected chi connectivity index (χ0v) is 17.7. The number of hydrogen-bond acceptors (Lipinski definition) is 5. The van der Waals surface area contributed by atoms with Crippen LogP contribution in [0.15, 0.2) is 47.9 Å². The molecule has 28 heavy (non-hydrogen) atoms. The van der Waals surface area contributed by atoms with Gasteiger partial charge in [-0.05, 0) is 50.6 Å². The first-order chi connectivity index (χ1) is 13.6. The van der Waals surface area contributed by atoms with Gasteiger partial charge in [-0.1, -0.05) is 29.4 Å². The normalized spacial score (nSPS) is 10.9. The van der Waals surface area contributed by atoms with Crippen LogP contribution in [-0.4, -0.2) is 49.4 Å². The first-order valence-corrected chi connectivity index (χ1v) is 10.4. The lowest BCUT2D eigenvalue weighted by Crippen LogP contribution is -2.31. The molecule has 0 aliphatic heterocycles. The average Bonchev–Trinajstić information content (AvgIpc) is 3.14. The van der Waals surface area contributed by atoms with Gasteiger partial charge in [-0.3, -0.25) is 14.3 Å². The maximum absolute atomic E-state index is 12.4. The third-order valence-corrected chi connectivity index (χ3v) is 5.82. The number of nitrogens with zero attached hydrogens (tertiary/aromatic N) is 5. The molecule has 0 radical (unpaired) electrons. The molecule has 2 aromatic heterocycles. The molecule has 0 saturated heterocycles. The van der Waals surface area contributed by atoms with E-state index in [9.17, 15) is 4.79 Å². The Bertz CT molecular complexity index is 956. The number of thioether (sulfide) groups is 1. The summed E-state index contributed by atoms with van der Waals surface area (Å²) < 4.78 is 1.96. The second-order valence-electron chi connectivity index (χ2n) is 6.12. The zero-order chi connectivity index (χ0) is 20.1. The highest BCUT2D eigenvalue weighted by molar-refractivity contribution is 7.99. The van der Waals surface area contributed by atoms with Crippen molar-refractivity contribution in [3.8, 4) is 17.1 Å². The Balaban J connectivity index is 2.03. The molecule has 1 amide bonds. The Kier molecular flexibility index (Phi) is 6.70. The second kappa shape index (κ2) is 9.21. The summed E-state index contributed by atoms with van der Waals surface area (Å²) in [6, 6.07) is 9.50. The SMILES string of the molecule is CCN(CC)C(=O)CSc1nnc(-c2ccncc2)n1-c1cccc(Cl)c1C. The van der Waals surface area contributed by atoms with Crippen molar-refractivity contribution in [3.63, 3.8) is 0 Å². The van der Waals surface area contributed by atoms with Crippen LogP contribution in [0.1, 0.15) is 19.4 Å². The van der Waals surface area contributed by atoms with E-state index >= 15 is 0 Å². The molecular formula is C20H22ClN5OS. The number of amides is 1. The average molecular weight is 416 g/mol. The standard InChI is InChI=1S/C20H22ClN5OS/c1-4-25(5-2)18(27)13-28-20-24-23-19(15-9-11-22-12-10-15)26(20)17-8-6-7-16(21)14(17)3/h6-12H,4-5,13H2,1-3H3. The van der Waals surface area contributed by atoms with E-state index in [1.807, 2.05) is 60.6 Å². The van der Waals surface area contributed by atoms with Crippen molar-refractivity contribution < 1.29 is 4.79 Å². The van der Waals surface area contributed by atoms with Crippen molar-refractivity contribution in [3.05, 3.63) is 53.3 Å². The Morgan fingerprint density at radius 2 is 1.86 bits per heavy atom. The molecule has 0 bridgehead atoms. The molecule has 1 aromatic carbocycles. The van der Waals surface area contributed by atoms with E-state index in [2.05, 4.69) is 15.2 Å². The molecule has 0 saturated carbocycles. The van der Waals surface area contributed by atoms with Gasteiger partial charge in [0.1, 0.15) is 0 Å². The van der Waals surface area contributed by atoms with E-state index in [-0.39, 0.29) is 5.91 Å². The van der Waals surface area contributed by atoms with E-state index < -0.39 is 0 Å². The van der Waals surface area contributed by atoms with E-state index in [1.54, 1.807) is 12.4 Å². The molecule has 0 atom stereocenters. The predicted octanol–water partition coefficient (Wildman–Crippen LogP) is 4.25. The number of halogens is 1. The summed E-state index contributed by atoms with van der Waals surface area (Å²) in [5.41, 5.74) is 2.71. The highest BCUT2D eigenvalue weighted by Crippen LogP contribution is 2.31. The van der Waals surface area contributed by atoms with Gasteiger partial charge in [-0.15, -0.1) is 10.2 Å². The molecule has 0 unspecified atom stereocenters. The molecule has 0 spiro atoms. The molecule has 3 aromatic rings. The van der Waals surface area contributed by atoms with Gasteiger partial charge in [0.15, 0.2) is 11.0 Å². The highest BCUT2D eigenvalue weighted by atomic mass is 35.5. The smallest absolute Gasteiger partial charge is 0.233 e. The van der Waals surface area contributed by atoms with Gasteiger partial charge in [0.25, 0.3) is 0 Å². The molecule has 0 fully saturated rings. The number of carbonyl (C=O) groups is 1. The summed E-state index contributed by atoms with van der Waals surface area (Å²) >= 11 is 7.73. The van der Waals surface area contributed by atoms with Crippen molar-refractivity contribution >= 4 is 29.3 Å². The molecule has 6 nitrogen and oxygen atoms in total. The summed E-state index contributed by atoms with van der Waals surface area (Å²) in [6.07, 6.45) is 3.44. The molecule has 3 rings (SSSR count). The third-order valence-electron chi connectivity index (χ3n) is 4.49. The van der Waals surface area contributed by atoms with Gasteiger partial charge < -0.3 is 4.90 Å². The molecule has 146 valence electrons. The first kappa shape index (κ1) is 20.4. The fraction of sp³-hybridized carbons (Fsp3) is 0.300. The molecule has 0 N–H and O–H groups in total. The lowest BCUT2D eigenvalue weighted by Gasteiger charge is -2.18.